The first-order valence-electron chi connectivity index (χ1n) is 9.22. The van der Waals surface area contributed by atoms with Gasteiger partial charge in [-0.2, -0.15) is 10.2 Å². The third-order valence-corrected chi connectivity index (χ3v) is 4.27. The molecule has 2 N–H and O–H groups in total. The summed E-state index contributed by atoms with van der Waals surface area (Å²) in [5.41, 5.74) is 4.25. The number of rotatable bonds is 7. The van der Waals surface area contributed by atoms with Gasteiger partial charge in [-0.1, -0.05) is 0 Å². The van der Waals surface area contributed by atoms with E-state index in [1.807, 2.05) is 29.8 Å². The number of hydrogen-bond acceptors (Lipinski definition) is 7. The van der Waals surface area contributed by atoms with Crippen molar-refractivity contribution in [3.05, 3.63) is 42.7 Å². The maximum absolute atomic E-state index is 5.69. The highest BCUT2D eigenvalue weighted by molar-refractivity contribution is 5.91. The Morgan fingerprint density at radius 1 is 1.29 bits per heavy atom. The van der Waals surface area contributed by atoms with Crippen LogP contribution in [0.4, 0.5) is 5.69 Å². The van der Waals surface area contributed by atoms with Crippen LogP contribution in [0.3, 0.4) is 0 Å². The van der Waals surface area contributed by atoms with E-state index >= 15 is 0 Å². The van der Waals surface area contributed by atoms with Gasteiger partial charge in [-0.05, 0) is 39.0 Å². The molecule has 144 valence electrons. The van der Waals surface area contributed by atoms with E-state index in [-0.39, 0.29) is 6.04 Å². The molecular weight excluding hydrogens is 356 g/mol. The van der Waals surface area contributed by atoms with Gasteiger partial charge < -0.3 is 10.1 Å². The van der Waals surface area contributed by atoms with Crippen molar-refractivity contribution < 1.29 is 4.74 Å². The molecule has 4 aromatic rings. The molecule has 0 spiro atoms. The minimum absolute atomic E-state index is 0.201. The Kier molecular flexibility index (Phi) is 4.88. The Hall–Kier alpha value is -3.49. The molecule has 0 fully saturated rings. The minimum atomic E-state index is 0.201. The Morgan fingerprint density at radius 2 is 2.18 bits per heavy atom. The summed E-state index contributed by atoms with van der Waals surface area (Å²) >= 11 is 0. The average molecular weight is 378 g/mol. The van der Waals surface area contributed by atoms with Crippen LogP contribution in [-0.2, 0) is 6.54 Å². The summed E-state index contributed by atoms with van der Waals surface area (Å²) in [6.45, 7) is 7.14. The molecular formula is C19H22N8O. The lowest BCUT2D eigenvalue weighted by molar-refractivity contribution is 0.328. The van der Waals surface area contributed by atoms with Crippen LogP contribution < -0.4 is 10.1 Å². The molecule has 9 nitrogen and oxygen atoms in total. The molecule has 0 bridgehead atoms. The first-order valence-corrected chi connectivity index (χ1v) is 9.22. The standard InChI is InChI=1S/C19H22N8O/c1-4-28-19-13(6-5-7-20-19)14-8-15(21-10-17-22-11-23-26-17)18-16(25-14)9-24-27(18)12(2)3/h5-9,11-12H,4,10H2,1-3H3,(H,21,25)(H,22,23,26). The summed E-state index contributed by atoms with van der Waals surface area (Å²) < 4.78 is 7.65. The number of fused-ring (bicyclic) bond motifs is 1. The van der Waals surface area contributed by atoms with Crippen LogP contribution in [0.5, 0.6) is 5.88 Å². The molecule has 0 aromatic carbocycles. The van der Waals surface area contributed by atoms with Crippen molar-refractivity contribution >= 4 is 16.7 Å². The summed E-state index contributed by atoms with van der Waals surface area (Å²) in [7, 11) is 0. The van der Waals surface area contributed by atoms with Gasteiger partial charge in [-0.25, -0.2) is 15.0 Å². The molecule has 0 saturated heterocycles. The van der Waals surface area contributed by atoms with Crippen molar-refractivity contribution in [2.24, 2.45) is 0 Å². The minimum Gasteiger partial charge on any atom is -0.477 e. The van der Waals surface area contributed by atoms with Gasteiger partial charge in [-0.3, -0.25) is 9.78 Å². The maximum atomic E-state index is 5.69. The molecule has 0 saturated carbocycles. The lowest BCUT2D eigenvalue weighted by atomic mass is 10.1. The number of nitrogens with one attached hydrogen (secondary N) is 2. The summed E-state index contributed by atoms with van der Waals surface area (Å²) in [6, 6.07) is 6.03. The van der Waals surface area contributed by atoms with Crippen LogP contribution in [0, 0.1) is 0 Å². The van der Waals surface area contributed by atoms with Gasteiger partial charge in [0.2, 0.25) is 5.88 Å². The number of pyridine rings is 2. The number of aromatic nitrogens is 7. The molecule has 0 aliphatic rings. The normalized spacial score (nSPS) is 11.3. The summed E-state index contributed by atoms with van der Waals surface area (Å²) in [4.78, 5) is 13.3. The lowest BCUT2D eigenvalue weighted by Gasteiger charge is -2.14. The van der Waals surface area contributed by atoms with Crippen LogP contribution in [0.25, 0.3) is 22.3 Å². The van der Waals surface area contributed by atoms with Gasteiger partial charge in [-0.15, -0.1) is 0 Å². The molecule has 4 aromatic heterocycles. The SMILES string of the molecule is CCOc1ncccc1-c1cc(NCc2nc[nH]n2)c2c(cnn2C(C)C)n1. The summed E-state index contributed by atoms with van der Waals surface area (Å²) in [6.07, 6.45) is 5.06. The van der Waals surface area contributed by atoms with Crippen molar-refractivity contribution in [3.63, 3.8) is 0 Å². The van der Waals surface area contributed by atoms with E-state index in [1.54, 1.807) is 18.7 Å². The predicted octanol–water partition coefficient (Wildman–Crippen LogP) is 3.20. The molecule has 4 rings (SSSR count). The van der Waals surface area contributed by atoms with Crippen LogP contribution in [0.1, 0.15) is 32.6 Å². The molecule has 0 unspecified atom stereocenters. The highest BCUT2D eigenvalue weighted by Gasteiger charge is 2.17. The Bertz CT molecular complexity index is 1070. The highest BCUT2D eigenvalue weighted by atomic mass is 16.5. The Balaban J connectivity index is 1.83. The largest absolute Gasteiger partial charge is 0.477 e. The van der Waals surface area contributed by atoms with E-state index in [0.29, 0.717) is 24.9 Å². The zero-order valence-electron chi connectivity index (χ0n) is 16.0. The molecule has 9 heteroatoms. The van der Waals surface area contributed by atoms with Crippen molar-refractivity contribution in [1.29, 1.82) is 0 Å². The molecule has 0 atom stereocenters. The van der Waals surface area contributed by atoms with Crippen molar-refractivity contribution in [1.82, 2.24) is 34.9 Å². The fraction of sp³-hybridized carbons (Fsp3) is 0.316. The number of aromatic amines is 1. The van der Waals surface area contributed by atoms with Crippen molar-refractivity contribution in [3.8, 4) is 17.1 Å². The molecule has 0 radical (unpaired) electrons. The van der Waals surface area contributed by atoms with Crippen LogP contribution >= 0.6 is 0 Å². The topological polar surface area (TPSA) is 106 Å². The van der Waals surface area contributed by atoms with E-state index in [4.69, 9.17) is 9.72 Å². The summed E-state index contributed by atoms with van der Waals surface area (Å²) in [5, 5.41) is 14.8. The monoisotopic (exact) mass is 378 g/mol. The Morgan fingerprint density at radius 3 is 2.93 bits per heavy atom. The van der Waals surface area contributed by atoms with Gasteiger partial charge in [0.05, 0.1) is 36.3 Å². The number of anilines is 1. The molecule has 0 amide bonds. The first-order chi connectivity index (χ1) is 13.7. The number of ether oxygens (including phenoxy) is 1. The predicted molar refractivity (Wildman–Crippen MR) is 106 cm³/mol. The second-order valence-corrected chi connectivity index (χ2v) is 6.53. The fourth-order valence-electron chi connectivity index (χ4n) is 3.06. The number of H-pyrrole nitrogens is 1. The van der Waals surface area contributed by atoms with Gasteiger partial charge in [0.1, 0.15) is 17.4 Å². The lowest BCUT2D eigenvalue weighted by Crippen LogP contribution is -2.08. The molecule has 0 aliphatic carbocycles. The second-order valence-electron chi connectivity index (χ2n) is 6.53. The first kappa shape index (κ1) is 17.9. The van der Waals surface area contributed by atoms with Crippen molar-refractivity contribution in [2.75, 3.05) is 11.9 Å². The van der Waals surface area contributed by atoms with Gasteiger partial charge >= 0.3 is 0 Å². The average Bonchev–Trinajstić information content (AvgIpc) is 3.36. The van der Waals surface area contributed by atoms with Crippen molar-refractivity contribution in [2.45, 2.75) is 33.4 Å². The van der Waals surface area contributed by atoms with E-state index in [1.165, 1.54) is 0 Å². The number of nitrogens with zero attached hydrogens (tertiary/aromatic N) is 6. The zero-order valence-corrected chi connectivity index (χ0v) is 16.0. The molecule has 4 heterocycles. The van der Waals surface area contributed by atoms with E-state index in [2.05, 4.69) is 44.4 Å². The third kappa shape index (κ3) is 3.38. The maximum Gasteiger partial charge on any atom is 0.222 e. The Labute approximate surface area is 162 Å². The summed E-state index contributed by atoms with van der Waals surface area (Å²) in [5.74, 6) is 1.24. The van der Waals surface area contributed by atoms with E-state index in [0.717, 1.165) is 28.0 Å². The molecule has 28 heavy (non-hydrogen) atoms. The van der Waals surface area contributed by atoms with Gasteiger partial charge in [0, 0.05) is 12.2 Å². The quantitative estimate of drug-likeness (QED) is 0.508. The smallest absolute Gasteiger partial charge is 0.222 e. The van der Waals surface area contributed by atoms with E-state index < -0.39 is 0 Å². The van der Waals surface area contributed by atoms with Gasteiger partial charge in [0.25, 0.3) is 0 Å². The van der Waals surface area contributed by atoms with Gasteiger partial charge in [0.15, 0.2) is 5.82 Å². The second kappa shape index (κ2) is 7.63. The van der Waals surface area contributed by atoms with E-state index in [9.17, 15) is 0 Å². The van der Waals surface area contributed by atoms with Crippen LogP contribution in [0.2, 0.25) is 0 Å². The third-order valence-electron chi connectivity index (χ3n) is 4.27. The highest BCUT2D eigenvalue weighted by Crippen LogP contribution is 2.33. The molecule has 0 aliphatic heterocycles. The fourth-order valence-corrected chi connectivity index (χ4v) is 3.06. The number of hydrogen-bond donors (Lipinski definition) is 2. The van der Waals surface area contributed by atoms with Crippen LogP contribution in [0.15, 0.2) is 36.9 Å². The zero-order chi connectivity index (χ0) is 19.5. The van der Waals surface area contributed by atoms with Crippen LogP contribution in [-0.4, -0.2) is 41.5 Å².